The molecule has 21 heavy (non-hydrogen) atoms. The Bertz CT molecular complexity index is 409. The molecule has 1 rings (SSSR count). The van der Waals surface area contributed by atoms with Crippen molar-refractivity contribution in [2.75, 3.05) is 19.7 Å². The van der Waals surface area contributed by atoms with Crippen LogP contribution in [0.4, 0.5) is 4.79 Å². The van der Waals surface area contributed by atoms with Crippen LogP contribution >= 0.6 is 0 Å². The topological polar surface area (TPSA) is 116 Å². The van der Waals surface area contributed by atoms with E-state index in [1.807, 2.05) is 0 Å². The number of esters is 1. The molecule has 1 aliphatic rings. The van der Waals surface area contributed by atoms with Crippen LogP contribution in [0.2, 0.25) is 0 Å². The number of carboxylic acid groups (broad SMARTS) is 1. The van der Waals surface area contributed by atoms with Gasteiger partial charge in [0.15, 0.2) is 0 Å². The number of carbonyl (C=O) groups excluding carboxylic acids is 2. The van der Waals surface area contributed by atoms with Gasteiger partial charge in [0.05, 0.1) is 18.6 Å². The molecule has 1 saturated heterocycles. The minimum Gasteiger partial charge on any atom is -0.481 e. The van der Waals surface area contributed by atoms with E-state index >= 15 is 0 Å². The number of hydrogen-bond acceptors (Lipinski definition) is 5. The van der Waals surface area contributed by atoms with Gasteiger partial charge in [0, 0.05) is 13.1 Å². The lowest BCUT2D eigenvalue weighted by atomic mass is 10.0. The maximum Gasteiger partial charge on any atom is 0.328 e. The lowest BCUT2D eigenvalue weighted by Crippen LogP contribution is -2.50. The van der Waals surface area contributed by atoms with Crippen molar-refractivity contribution < 1.29 is 29.3 Å². The van der Waals surface area contributed by atoms with Crippen LogP contribution in [0.1, 0.15) is 33.1 Å². The van der Waals surface area contributed by atoms with Gasteiger partial charge in [0.2, 0.25) is 0 Å². The quantitative estimate of drug-likeness (QED) is 0.592. The van der Waals surface area contributed by atoms with Gasteiger partial charge >= 0.3 is 18.0 Å². The molecule has 0 radical (unpaired) electrons. The average Bonchev–Trinajstić information content (AvgIpc) is 2.84. The Labute approximate surface area is 123 Å². The second-order valence-corrected chi connectivity index (χ2v) is 5.33. The number of rotatable bonds is 6. The van der Waals surface area contributed by atoms with Crippen LogP contribution in [0, 0.1) is 0 Å². The normalized spacial score (nSPS) is 20.7. The van der Waals surface area contributed by atoms with Gasteiger partial charge in [-0.3, -0.25) is 4.79 Å². The summed E-state index contributed by atoms with van der Waals surface area (Å²) in [5, 5.41) is 20.9. The molecule has 1 heterocycles. The number of likely N-dealkylation sites (tertiary alicyclic amines) is 1. The van der Waals surface area contributed by atoms with E-state index in [0.29, 0.717) is 19.4 Å². The predicted molar refractivity (Wildman–Crippen MR) is 72.6 cm³/mol. The molecule has 120 valence electrons. The number of aliphatic carboxylic acids is 1. The van der Waals surface area contributed by atoms with Crippen LogP contribution in [0.15, 0.2) is 0 Å². The minimum atomic E-state index is -1.54. The highest BCUT2D eigenvalue weighted by molar-refractivity contribution is 5.84. The lowest BCUT2D eigenvalue weighted by Gasteiger charge is -2.26. The van der Waals surface area contributed by atoms with Crippen LogP contribution in [-0.2, 0) is 14.3 Å². The van der Waals surface area contributed by atoms with Crippen molar-refractivity contribution in [3.8, 4) is 0 Å². The molecule has 2 atom stereocenters. The van der Waals surface area contributed by atoms with E-state index in [0.717, 1.165) is 0 Å². The molecule has 8 heteroatoms. The van der Waals surface area contributed by atoms with Crippen LogP contribution in [0.3, 0.4) is 0 Å². The van der Waals surface area contributed by atoms with Gasteiger partial charge in [-0.1, -0.05) is 0 Å². The monoisotopic (exact) mass is 302 g/mol. The van der Waals surface area contributed by atoms with Gasteiger partial charge in [-0.25, -0.2) is 9.59 Å². The SMILES string of the molecule is CCOC(=O)C1CCCN1C(=O)NCC(C)(O)CC(=O)O. The van der Waals surface area contributed by atoms with Gasteiger partial charge in [-0.05, 0) is 26.7 Å². The molecule has 0 aromatic carbocycles. The molecule has 2 unspecified atom stereocenters. The third-order valence-corrected chi connectivity index (χ3v) is 3.22. The maximum atomic E-state index is 12.0. The highest BCUT2D eigenvalue weighted by Gasteiger charge is 2.36. The number of hydrogen-bond donors (Lipinski definition) is 3. The minimum absolute atomic E-state index is 0.204. The molecule has 8 nitrogen and oxygen atoms in total. The van der Waals surface area contributed by atoms with Gasteiger partial charge in [0.1, 0.15) is 6.04 Å². The first kappa shape index (κ1) is 17.2. The van der Waals surface area contributed by atoms with E-state index in [9.17, 15) is 19.5 Å². The van der Waals surface area contributed by atoms with Crippen LogP contribution < -0.4 is 5.32 Å². The van der Waals surface area contributed by atoms with Crippen molar-refractivity contribution in [2.45, 2.75) is 44.8 Å². The van der Waals surface area contributed by atoms with E-state index in [2.05, 4.69) is 5.32 Å². The molecule has 0 bridgehead atoms. The second-order valence-electron chi connectivity index (χ2n) is 5.33. The fourth-order valence-corrected chi connectivity index (χ4v) is 2.25. The summed E-state index contributed by atoms with van der Waals surface area (Å²) < 4.78 is 4.92. The number of aliphatic hydroxyl groups is 1. The summed E-state index contributed by atoms with van der Waals surface area (Å²) >= 11 is 0. The van der Waals surface area contributed by atoms with Crippen LogP contribution in [0.25, 0.3) is 0 Å². The van der Waals surface area contributed by atoms with Crippen molar-refractivity contribution in [1.82, 2.24) is 10.2 Å². The fraction of sp³-hybridized carbons (Fsp3) is 0.769. The van der Waals surface area contributed by atoms with E-state index < -0.39 is 36.0 Å². The van der Waals surface area contributed by atoms with Crippen LogP contribution in [0.5, 0.6) is 0 Å². The predicted octanol–water partition coefficient (Wildman–Crippen LogP) is -0.0508. The Hall–Kier alpha value is -1.83. The van der Waals surface area contributed by atoms with Gasteiger partial charge in [-0.15, -0.1) is 0 Å². The third kappa shape index (κ3) is 5.22. The van der Waals surface area contributed by atoms with E-state index in [1.165, 1.54) is 11.8 Å². The summed E-state index contributed by atoms with van der Waals surface area (Å²) in [4.78, 5) is 35.7. The lowest BCUT2D eigenvalue weighted by molar-refractivity contribution is -0.147. The van der Waals surface area contributed by atoms with Crippen molar-refractivity contribution in [3.05, 3.63) is 0 Å². The van der Waals surface area contributed by atoms with Crippen molar-refractivity contribution in [3.63, 3.8) is 0 Å². The van der Waals surface area contributed by atoms with Gasteiger partial charge in [-0.2, -0.15) is 0 Å². The molecular weight excluding hydrogens is 280 g/mol. The number of carbonyl (C=O) groups is 3. The molecule has 0 aliphatic carbocycles. The van der Waals surface area contributed by atoms with E-state index in [1.54, 1.807) is 6.92 Å². The Morgan fingerprint density at radius 2 is 2.10 bits per heavy atom. The molecule has 2 amide bonds. The zero-order valence-electron chi connectivity index (χ0n) is 12.3. The maximum absolute atomic E-state index is 12.0. The summed E-state index contributed by atoms with van der Waals surface area (Å²) in [7, 11) is 0. The fourth-order valence-electron chi connectivity index (χ4n) is 2.25. The molecule has 0 spiro atoms. The Morgan fingerprint density at radius 3 is 2.67 bits per heavy atom. The highest BCUT2D eigenvalue weighted by atomic mass is 16.5. The third-order valence-electron chi connectivity index (χ3n) is 3.22. The Morgan fingerprint density at radius 1 is 1.43 bits per heavy atom. The zero-order chi connectivity index (χ0) is 16.0. The second kappa shape index (κ2) is 7.26. The first-order valence-corrected chi connectivity index (χ1v) is 6.92. The molecule has 3 N–H and O–H groups in total. The van der Waals surface area contributed by atoms with Gasteiger partial charge < -0.3 is 25.2 Å². The number of carboxylic acids is 1. The summed E-state index contributed by atoms with van der Waals surface area (Å²) in [5.41, 5.74) is -1.54. The largest absolute Gasteiger partial charge is 0.481 e. The summed E-state index contributed by atoms with van der Waals surface area (Å²) in [6.45, 7) is 3.49. The standard InChI is InChI=1S/C13H22N2O6/c1-3-21-11(18)9-5-4-6-15(9)12(19)14-8-13(2,20)7-10(16)17/h9,20H,3-8H2,1-2H3,(H,14,19)(H,16,17). The molecule has 0 aromatic rings. The van der Waals surface area contributed by atoms with Crippen molar-refractivity contribution >= 4 is 18.0 Å². The molecule has 0 aromatic heterocycles. The Kier molecular flexibility index (Phi) is 5.95. The molecule has 1 aliphatic heterocycles. The van der Waals surface area contributed by atoms with Crippen molar-refractivity contribution in [2.24, 2.45) is 0 Å². The van der Waals surface area contributed by atoms with E-state index in [4.69, 9.17) is 9.84 Å². The first-order chi connectivity index (χ1) is 9.76. The summed E-state index contributed by atoms with van der Waals surface area (Å²) in [6, 6.07) is -1.12. The average molecular weight is 302 g/mol. The van der Waals surface area contributed by atoms with E-state index in [-0.39, 0.29) is 13.2 Å². The number of amides is 2. The highest BCUT2D eigenvalue weighted by Crippen LogP contribution is 2.19. The van der Waals surface area contributed by atoms with Crippen LogP contribution in [-0.4, -0.2) is 64.4 Å². The van der Waals surface area contributed by atoms with Crippen molar-refractivity contribution in [1.29, 1.82) is 0 Å². The number of ether oxygens (including phenoxy) is 1. The Balaban J connectivity index is 2.54. The first-order valence-electron chi connectivity index (χ1n) is 6.92. The zero-order valence-corrected chi connectivity index (χ0v) is 12.3. The summed E-state index contributed by atoms with van der Waals surface area (Å²) in [6.07, 6.45) is 0.759. The number of urea groups is 1. The smallest absolute Gasteiger partial charge is 0.328 e. The molecule has 1 fully saturated rings. The molecule has 0 saturated carbocycles. The molecular formula is C13H22N2O6. The van der Waals surface area contributed by atoms with Gasteiger partial charge in [0.25, 0.3) is 0 Å². The summed E-state index contributed by atoms with van der Waals surface area (Å²) in [5.74, 6) is -1.60. The number of nitrogens with zero attached hydrogens (tertiary/aromatic N) is 1. The number of nitrogens with one attached hydrogen (secondary N) is 1.